The first-order valence-electron chi connectivity index (χ1n) is 7.15. The Morgan fingerprint density at radius 1 is 1.13 bits per heavy atom. The minimum Gasteiger partial charge on any atom is -0.192 e. The average Bonchev–Trinajstić information content (AvgIpc) is 3.04. The van der Waals surface area contributed by atoms with Gasteiger partial charge in [-0.1, -0.05) is 30.0 Å². The molecule has 23 heavy (non-hydrogen) atoms. The number of tetrazole rings is 1. The van der Waals surface area contributed by atoms with Crippen molar-refractivity contribution >= 4 is 11.8 Å². The zero-order chi connectivity index (χ0) is 16.2. The molecule has 3 aromatic rings. The molecule has 2 aromatic carbocycles. The van der Waals surface area contributed by atoms with Gasteiger partial charge in [-0.3, -0.25) is 0 Å². The zero-order valence-electron chi connectivity index (χ0n) is 12.9. The standard InChI is InChI=1S/C17H15N5S/c1-12-6-7-16(8-13(12)2)22-17(19-20-21-22)23-11-15-5-3-4-14(9-15)10-18/h3-9H,11H2,1-2H3. The first kappa shape index (κ1) is 15.3. The Kier molecular flexibility index (Phi) is 4.40. The van der Waals surface area contributed by atoms with Crippen LogP contribution in [0.25, 0.3) is 5.69 Å². The molecule has 0 aliphatic heterocycles. The molecule has 114 valence electrons. The maximum Gasteiger partial charge on any atom is 0.214 e. The lowest BCUT2D eigenvalue weighted by Gasteiger charge is -2.07. The van der Waals surface area contributed by atoms with Crippen molar-refractivity contribution in [1.29, 1.82) is 5.26 Å². The fourth-order valence-corrected chi connectivity index (χ4v) is 3.00. The molecule has 0 radical (unpaired) electrons. The highest BCUT2D eigenvalue weighted by Crippen LogP contribution is 2.23. The van der Waals surface area contributed by atoms with Crippen molar-refractivity contribution in [1.82, 2.24) is 20.2 Å². The van der Waals surface area contributed by atoms with Crippen LogP contribution in [-0.4, -0.2) is 20.2 Å². The summed E-state index contributed by atoms with van der Waals surface area (Å²) in [4.78, 5) is 0. The SMILES string of the molecule is Cc1ccc(-n2nnnc2SCc2cccc(C#N)c2)cc1C. The van der Waals surface area contributed by atoms with Gasteiger partial charge in [-0.2, -0.15) is 9.94 Å². The van der Waals surface area contributed by atoms with E-state index in [9.17, 15) is 0 Å². The Morgan fingerprint density at radius 3 is 2.78 bits per heavy atom. The molecular weight excluding hydrogens is 306 g/mol. The average molecular weight is 321 g/mol. The van der Waals surface area contributed by atoms with Gasteiger partial charge in [-0.25, -0.2) is 0 Å². The summed E-state index contributed by atoms with van der Waals surface area (Å²) >= 11 is 1.55. The maximum atomic E-state index is 8.96. The van der Waals surface area contributed by atoms with E-state index in [-0.39, 0.29) is 0 Å². The number of benzene rings is 2. The normalized spacial score (nSPS) is 10.5. The lowest BCUT2D eigenvalue weighted by Crippen LogP contribution is -2.00. The van der Waals surface area contributed by atoms with Gasteiger partial charge in [-0.15, -0.1) is 5.10 Å². The fourth-order valence-electron chi connectivity index (χ4n) is 2.17. The van der Waals surface area contributed by atoms with Crippen LogP contribution in [0.2, 0.25) is 0 Å². The van der Waals surface area contributed by atoms with E-state index in [0.717, 1.165) is 16.4 Å². The molecule has 0 spiro atoms. The minimum absolute atomic E-state index is 0.664. The predicted molar refractivity (Wildman–Crippen MR) is 89.3 cm³/mol. The van der Waals surface area contributed by atoms with E-state index in [1.165, 1.54) is 11.1 Å². The monoisotopic (exact) mass is 321 g/mol. The van der Waals surface area contributed by atoms with E-state index in [1.807, 2.05) is 24.3 Å². The summed E-state index contributed by atoms with van der Waals surface area (Å²) in [6.07, 6.45) is 0. The van der Waals surface area contributed by atoms with Gasteiger partial charge in [-0.05, 0) is 65.2 Å². The van der Waals surface area contributed by atoms with Crippen LogP contribution in [0, 0.1) is 25.2 Å². The van der Waals surface area contributed by atoms with Crippen molar-refractivity contribution < 1.29 is 0 Å². The molecule has 3 rings (SSSR count). The number of nitriles is 1. The first-order chi connectivity index (χ1) is 11.2. The Hall–Kier alpha value is -2.65. The summed E-state index contributed by atoms with van der Waals surface area (Å²) in [7, 11) is 0. The van der Waals surface area contributed by atoms with Crippen LogP contribution in [0.5, 0.6) is 0 Å². The van der Waals surface area contributed by atoms with Gasteiger partial charge in [0.15, 0.2) is 0 Å². The van der Waals surface area contributed by atoms with Gasteiger partial charge in [0.25, 0.3) is 0 Å². The topological polar surface area (TPSA) is 67.4 Å². The Bertz CT molecular complexity index is 879. The molecule has 0 aliphatic rings. The van der Waals surface area contributed by atoms with Gasteiger partial charge in [0.05, 0.1) is 17.3 Å². The summed E-state index contributed by atoms with van der Waals surface area (Å²) in [5, 5.41) is 21.7. The molecule has 0 atom stereocenters. The van der Waals surface area contributed by atoms with Crippen molar-refractivity contribution in [3.63, 3.8) is 0 Å². The van der Waals surface area contributed by atoms with Gasteiger partial charge in [0.2, 0.25) is 5.16 Å². The van der Waals surface area contributed by atoms with E-state index in [4.69, 9.17) is 5.26 Å². The molecule has 0 amide bonds. The fraction of sp³-hybridized carbons (Fsp3) is 0.176. The summed E-state index contributed by atoms with van der Waals surface area (Å²) in [6.45, 7) is 4.15. The molecule has 5 nitrogen and oxygen atoms in total. The van der Waals surface area contributed by atoms with Crippen molar-refractivity contribution in [2.24, 2.45) is 0 Å². The third-order valence-electron chi connectivity index (χ3n) is 3.60. The molecule has 0 saturated carbocycles. The summed E-state index contributed by atoms with van der Waals surface area (Å²) in [5.74, 6) is 0.709. The third kappa shape index (κ3) is 3.41. The molecule has 0 aliphatic carbocycles. The Labute approximate surface area is 139 Å². The van der Waals surface area contributed by atoms with Crippen LogP contribution in [0.15, 0.2) is 47.6 Å². The highest BCUT2D eigenvalue weighted by atomic mass is 32.2. The summed E-state index contributed by atoms with van der Waals surface area (Å²) in [5.41, 5.74) is 5.13. The van der Waals surface area contributed by atoms with Crippen LogP contribution < -0.4 is 0 Å². The highest BCUT2D eigenvalue weighted by Gasteiger charge is 2.10. The molecule has 0 bridgehead atoms. The quantitative estimate of drug-likeness (QED) is 0.689. The number of aromatic nitrogens is 4. The van der Waals surface area contributed by atoms with Crippen LogP contribution in [-0.2, 0) is 5.75 Å². The van der Waals surface area contributed by atoms with Gasteiger partial charge >= 0.3 is 0 Å². The van der Waals surface area contributed by atoms with E-state index in [2.05, 4.69) is 47.6 Å². The number of thioether (sulfide) groups is 1. The minimum atomic E-state index is 0.664. The van der Waals surface area contributed by atoms with Gasteiger partial charge in [0, 0.05) is 5.75 Å². The Morgan fingerprint density at radius 2 is 2.00 bits per heavy atom. The Balaban J connectivity index is 1.81. The van der Waals surface area contributed by atoms with Crippen LogP contribution in [0.1, 0.15) is 22.3 Å². The highest BCUT2D eigenvalue weighted by molar-refractivity contribution is 7.98. The summed E-state index contributed by atoms with van der Waals surface area (Å²) in [6, 6.07) is 15.9. The zero-order valence-corrected chi connectivity index (χ0v) is 13.7. The first-order valence-corrected chi connectivity index (χ1v) is 8.14. The number of rotatable bonds is 4. The molecule has 1 heterocycles. The lowest BCUT2D eigenvalue weighted by atomic mass is 10.1. The number of hydrogen-bond donors (Lipinski definition) is 0. The van der Waals surface area contributed by atoms with Crippen molar-refractivity contribution in [2.45, 2.75) is 24.8 Å². The van der Waals surface area contributed by atoms with Gasteiger partial charge in [0.1, 0.15) is 0 Å². The van der Waals surface area contributed by atoms with E-state index >= 15 is 0 Å². The van der Waals surface area contributed by atoms with Crippen LogP contribution in [0.4, 0.5) is 0 Å². The van der Waals surface area contributed by atoms with Crippen molar-refractivity contribution in [3.8, 4) is 11.8 Å². The van der Waals surface area contributed by atoms with E-state index in [1.54, 1.807) is 22.5 Å². The van der Waals surface area contributed by atoms with Gasteiger partial charge < -0.3 is 0 Å². The molecule has 0 saturated heterocycles. The smallest absolute Gasteiger partial charge is 0.192 e. The second kappa shape index (κ2) is 6.63. The van der Waals surface area contributed by atoms with Crippen LogP contribution >= 0.6 is 11.8 Å². The van der Waals surface area contributed by atoms with Crippen molar-refractivity contribution in [3.05, 3.63) is 64.7 Å². The van der Waals surface area contributed by atoms with E-state index < -0.39 is 0 Å². The number of hydrogen-bond acceptors (Lipinski definition) is 5. The molecular formula is C17H15N5S. The van der Waals surface area contributed by atoms with Crippen LogP contribution in [0.3, 0.4) is 0 Å². The third-order valence-corrected chi connectivity index (χ3v) is 4.59. The maximum absolute atomic E-state index is 8.96. The molecule has 0 unspecified atom stereocenters. The lowest BCUT2D eigenvalue weighted by molar-refractivity contribution is 0.755. The number of nitrogens with zero attached hydrogens (tertiary/aromatic N) is 5. The van der Waals surface area contributed by atoms with Crippen molar-refractivity contribution in [2.75, 3.05) is 0 Å². The second-order valence-corrected chi connectivity index (χ2v) is 6.19. The molecule has 0 fully saturated rings. The predicted octanol–water partition coefficient (Wildman–Crippen LogP) is 3.44. The largest absolute Gasteiger partial charge is 0.214 e. The number of aryl methyl sites for hydroxylation is 2. The molecule has 6 heteroatoms. The summed E-state index contributed by atoms with van der Waals surface area (Å²) < 4.78 is 1.74. The second-order valence-electron chi connectivity index (χ2n) is 5.24. The molecule has 0 N–H and O–H groups in total. The molecule has 1 aromatic heterocycles. The van der Waals surface area contributed by atoms with E-state index in [0.29, 0.717) is 11.3 Å².